The summed E-state index contributed by atoms with van der Waals surface area (Å²) < 4.78 is 161. The number of hydrogen-bond donors (Lipinski definition) is 0. The molecular formula is C35H27F11O2. The Morgan fingerprint density at radius 1 is 0.896 bits per heavy atom. The van der Waals surface area contributed by atoms with Crippen molar-refractivity contribution >= 4 is 0 Å². The van der Waals surface area contributed by atoms with Gasteiger partial charge in [0.15, 0.2) is 12.3 Å². The van der Waals surface area contributed by atoms with Crippen molar-refractivity contribution in [3.05, 3.63) is 106 Å². The summed E-state index contributed by atoms with van der Waals surface area (Å²) in [6.45, 7) is 2.01. The SMILES string of the molecule is CCCCCC1C=C(F)C(C#Cc2ccc(C(F)(F)OC3=CCC(C#CC4=CC(F)C(OC(F)(F)F)C(F)=C4)C(F)=C3)c(F)c2)=C(F)C1. The smallest absolute Gasteiger partial charge is 0.429 e. The molecule has 256 valence electrons. The molecule has 0 bridgehead atoms. The van der Waals surface area contributed by atoms with Crippen molar-refractivity contribution in [2.75, 3.05) is 0 Å². The topological polar surface area (TPSA) is 18.5 Å². The van der Waals surface area contributed by atoms with Crippen LogP contribution in [-0.2, 0) is 15.6 Å². The zero-order valence-corrected chi connectivity index (χ0v) is 25.1. The van der Waals surface area contributed by atoms with Crippen LogP contribution in [-0.4, -0.2) is 18.6 Å². The van der Waals surface area contributed by atoms with E-state index in [0.29, 0.717) is 36.8 Å². The monoisotopic (exact) mass is 688 g/mol. The predicted octanol–water partition coefficient (Wildman–Crippen LogP) is 10.7. The average molecular weight is 689 g/mol. The van der Waals surface area contributed by atoms with Gasteiger partial charge in [-0.15, -0.1) is 13.2 Å². The first-order valence-electron chi connectivity index (χ1n) is 14.8. The third-order valence-corrected chi connectivity index (χ3v) is 7.38. The highest BCUT2D eigenvalue weighted by atomic mass is 19.4. The van der Waals surface area contributed by atoms with Gasteiger partial charge < -0.3 is 4.74 Å². The minimum atomic E-state index is -5.30. The molecule has 13 heteroatoms. The van der Waals surface area contributed by atoms with Crippen LogP contribution >= 0.6 is 0 Å². The number of halogens is 11. The number of hydrogen-bond acceptors (Lipinski definition) is 2. The largest absolute Gasteiger partial charge is 0.523 e. The molecule has 0 radical (unpaired) electrons. The Bertz CT molecular complexity index is 1700. The molecule has 0 amide bonds. The Morgan fingerprint density at radius 3 is 2.27 bits per heavy atom. The van der Waals surface area contributed by atoms with E-state index in [2.05, 4.69) is 33.2 Å². The fourth-order valence-electron chi connectivity index (χ4n) is 4.99. The number of rotatable bonds is 8. The molecule has 4 atom stereocenters. The molecule has 0 spiro atoms. The van der Waals surface area contributed by atoms with Gasteiger partial charge in [0.1, 0.15) is 40.4 Å². The van der Waals surface area contributed by atoms with Crippen molar-refractivity contribution in [3.8, 4) is 23.7 Å². The molecule has 1 aromatic rings. The summed E-state index contributed by atoms with van der Waals surface area (Å²) in [6, 6.07) is 2.28. The number of unbranched alkanes of at least 4 members (excludes halogenated alkanes) is 2. The summed E-state index contributed by atoms with van der Waals surface area (Å²) in [6.07, 6.45) is -7.87. The first-order chi connectivity index (χ1) is 22.6. The maximum absolute atomic E-state index is 14.9. The van der Waals surface area contributed by atoms with Crippen LogP contribution in [0.1, 0.15) is 56.6 Å². The molecule has 0 heterocycles. The average Bonchev–Trinajstić information content (AvgIpc) is 2.97. The van der Waals surface area contributed by atoms with Gasteiger partial charge in [-0.1, -0.05) is 49.9 Å². The summed E-state index contributed by atoms with van der Waals surface area (Å²) >= 11 is 0. The van der Waals surface area contributed by atoms with E-state index < -0.39 is 82.3 Å². The first-order valence-corrected chi connectivity index (χ1v) is 14.8. The third-order valence-electron chi connectivity index (χ3n) is 7.38. The Balaban J connectivity index is 1.39. The fourth-order valence-corrected chi connectivity index (χ4v) is 4.99. The standard InChI is InChI=1S/C35H27F11O2/c1-2-3-4-5-21-15-28(37)25(29(38)16-21)12-7-20-8-13-26(30(39)14-20)34(42,43)47-24-11-10-23(27(36)19-24)9-6-22-17-31(40)33(32(41)18-22)48-35(44,45)46/h8,11,13-15,17-19,21,23,31,33H,2-5,10,16H2,1H3. The van der Waals surface area contributed by atoms with Gasteiger partial charge in [0.2, 0.25) is 0 Å². The summed E-state index contributed by atoms with van der Waals surface area (Å²) in [5, 5.41) is 0. The molecule has 0 saturated heterocycles. The third kappa shape index (κ3) is 9.66. The molecule has 0 fully saturated rings. The van der Waals surface area contributed by atoms with Crippen molar-refractivity contribution in [1.82, 2.24) is 0 Å². The van der Waals surface area contributed by atoms with Gasteiger partial charge >= 0.3 is 12.5 Å². The molecular weight excluding hydrogens is 661 g/mol. The molecule has 4 unspecified atom stereocenters. The van der Waals surface area contributed by atoms with Crippen LogP contribution in [0.5, 0.6) is 0 Å². The predicted molar refractivity (Wildman–Crippen MR) is 154 cm³/mol. The van der Waals surface area contributed by atoms with Crippen molar-refractivity contribution in [2.24, 2.45) is 11.8 Å². The molecule has 0 aromatic heterocycles. The fraction of sp³-hybridized carbons (Fsp3) is 0.371. The lowest BCUT2D eigenvalue weighted by Crippen LogP contribution is -2.33. The summed E-state index contributed by atoms with van der Waals surface area (Å²) in [5.41, 5.74) is -2.28. The van der Waals surface area contributed by atoms with Gasteiger partial charge in [0.05, 0.1) is 11.5 Å². The van der Waals surface area contributed by atoms with Gasteiger partial charge in [0, 0.05) is 23.6 Å². The van der Waals surface area contributed by atoms with Gasteiger partial charge in [-0.3, -0.25) is 4.74 Å². The minimum absolute atomic E-state index is 0.0320. The first kappa shape index (κ1) is 36.6. The highest BCUT2D eigenvalue weighted by Gasteiger charge is 2.41. The lowest BCUT2D eigenvalue weighted by Gasteiger charge is -2.22. The van der Waals surface area contributed by atoms with Gasteiger partial charge in [-0.25, -0.2) is 26.3 Å². The summed E-state index contributed by atoms with van der Waals surface area (Å²) in [4.78, 5) is 0. The maximum atomic E-state index is 14.9. The number of alkyl halides is 6. The molecule has 1 aromatic carbocycles. The van der Waals surface area contributed by atoms with E-state index in [0.717, 1.165) is 31.4 Å². The van der Waals surface area contributed by atoms with Gasteiger partial charge in [-0.05, 0) is 61.3 Å². The second-order valence-corrected chi connectivity index (χ2v) is 11.1. The van der Waals surface area contributed by atoms with E-state index in [-0.39, 0.29) is 24.3 Å². The normalized spacial score (nSPS) is 23.0. The van der Waals surface area contributed by atoms with Crippen LogP contribution in [0.25, 0.3) is 0 Å². The Hall–Kier alpha value is -4.23. The van der Waals surface area contributed by atoms with Crippen LogP contribution in [0.15, 0.2) is 88.8 Å². The molecule has 4 rings (SSSR count). The molecule has 48 heavy (non-hydrogen) atoms. The van der Waals surface area contributed by atoms with E-state index in [1.807, 2.05) is 6.92 Å². The minimum Gasteiger partial charge on any atom is -0.429 e. The van der Waals surface area contributed by atoms with Crippen LogP contribution in [0.4, 0.5) is 48.3 Å². The zero-order valence-electron chi connectivity index (χ0n) is 25.1. The molecule has 3 aliphatic rings. The van der Waals surface area contributed by atoms with Gasteiger partial charge in [0.25, 0.3) is 0 Å². The lowest BCUT2D eigenvalue weighted by molar-refractivity contribution is -0.343. The zero-order chi connectivity index (χ0) is 35.2. The highest BCUT2D eigenvalue weighted by molar-refractivity contribution is 5.51. The van der Waals surface area contributed by atoms with Crippen molar-refractivity contribution < 1.29 is 57.8 Å². The number of ether oxygens (including phenoxy) is 2. The van der Waals surface area contributed by atoms with Crippen LogP contribution in [0.3, 0.4) is 0 Å². The molecule has 0 aliphatic heterocycles. The summed E-state index contributed by atoms with van der Waals surface area (Å²) in [5.74, 6) is 1.18. The highest BCUT2D eigenvalue weighted by Crippen LogP contribution is 2.37. The number of allylic oxidation sites excluding steroid dienone is 9. The quantitative estimate of drug-likeness (QED) is 0.154. The Labute approximate surface area is 269 Å². The van der Waals surface area contributed by atoms with Crippen LogP contribution < -0.4 is 0 Å². The lowest BCUT2D eigenvalue weighted by atomic mass is 9.90. The Kier molecular flexibility index (Phi) is 11.7. The molecule has 0 N–H and O–H groups in total. The van der Waals surface area contributed by atoms with Crippen molar-refractivity contribution in [3.63, 3.8) is 0 Å². The van der Waals surface area contributed by atoms with Crippen LogP contribution in [0, 0.1) is 41.3 Å². The second kappa shape index (κ2) is 15.3. The molecule has 3 aliphatic carbocycles. The number of benzene rings is 1. The van der Waals surface area contributed by atoms with Crippen molar-refractivity contribution in [2.45, 2.75) is 70.2 Å². The molecule has 2 nitrogen and oxygen atoms in total. The van der Waals surface area contributed by atoms with Gasteiger partial charge in [-0.2, -0.15) is 8.78 Å². The molecule has 0 saturated carbocycles. The van der Waals surface area contributed by atoms with E-state index in [9.17, 15) is 48.3 Å². The van der Waals surface area contributed by atoms with Crippen molar-refractivity contribution in [1.29, 1.82) is 0 Å². The second-order valence-electron chi connectivity index (χ2n) is 11.1. The summed E-state index contributed by atoms with van der Waals surface area (Å²) in [7, 11) is 0. The Morgan fingerprint density at radius 2 is 1.65 bits per heavy atom. The van der Waals surface area contributed by atoms with E-state index in [1.165, 1.54) is 6.08 Å². The van der Waals surface area contributed by atoms with E-state index >= 15 is 0 Å². The van der Waals surface area contributed by atoms with E-state index in [1.54, 1.807) is 0 Å². The van der Waals surface area contributed by atoms with Crippen LogP contribution in [0.2, 0.25) is 0 Å². The van der Waals surface area contributed by atoms with E-state index in [4.69, 9.17) is 0 Å². The maximum Gasteiger partial charge on any atom is 0.523 e.